The molecule has 1 heterocycles. The molecule has 31 heavy (non-hydrogen) atoms. The number of hydrogen-bond donors (Lipinski definition) is 0. The van der Waals surface area contributed by atoms with E-state index in [1.54, 1.807) is 0 Å². The van der Waals surface area contributed by atoms with Crippen LogP contribution in [0.3, 0.4) is 0 Å². The first kappa shape index (κ1) is 23.2. The number of fused-ring (bicyclic) bond motifs is 1. The molecule has 0 bridgehead atoms. The lowest BCUT2D eigenvalue weighted by Gasteiger charge is -2.27. The van der Waals surface area contributed by atoms with Crippen molar-refractivity contribution in [2.45, 2.75) is 30.1 Å². The Balaban J connectivity index is 2.14. The first-order chi connectivity index (χ1) is 14.4. The van der Waals surface area contributed by atoms with E-state index in [-0.39, 0.29) is 22.0 Å². The minimum Gasteiger partial charge on any atom is -0.496 e. The second kappa shape index (κ2) is 8.60. The van der Waals surface area contributed by atoms with Crippen LogP contribution in [0.1, 0.15) is 18.4 Å². The van der Waals surface area contributed by atoms with Crippen LogP contribution in [0.4, 0.5) is 42.1 Å². The highest BCUT2D eigenvalue weighted by Gasteiger charge is 2.40. The number of hydrogen-bond acceptors (Lipinski definition) is 3. The number of methoxy groups -OCH3 is 1. The molecule has 0 aromatic heterocycles. The summed E-state index contributed by atoms with van der Waals surface area (Å²) >= 11 is 0.971. The Kier molecular flexibility index (Phi) is 6.45. The van der Waals surface area contributed by atoms with Crippen molar-refractivity contribution in [3.63, 3.8) is 0 Å². The van der Waals surface area contributed by atoms with E-state index in [4.69, 9.17) is 4.74 Å². The van der Waals surface area contributed by atoms with Gasteiger partial charge in [-0.05, 0) is 42.8 Å². The Morgan fingerprint density at radius 1 is 1.10 bits per heavy atom. The summed E-state index contributed by atoms with van der Waals surface area (Å²) < 4.78 is 97.1. The predicted octanol–water partition coefficient (Wildman–Crippen LogP) is 6.58. The molecule has 1 aliphatic rings. The summed E-state index contributed by atoms with van der Waals surface area (Å²) in [5, 5.41) is 0. The maximum Gasteiger partial charge on any atom is 0.420 e. The number of carbonyl (C=O) groups is 1. The Hall–Kier alpha value is -2.43. The average molecular weight is 467 g/mol. The largest absolute Gasteiger partial charge is 0.496 e. The van der Waals surface area contributed by atoms with E-state index in [0.717, 1.165) is 48.0 Å². The van der Waals surface area contributed by atoms with Crippen molar-refractivity contribution < 1.29 is 40.3 Å². The van der Waals surface area contributed by atoms with Gasteiger partial charge >= 0.3 is 12.4 Å². The summed E-state index contributed by atoms with van der Waals surface area (Å²) in [5.41, 5.74) is -1.24. The van der Waals surface area contributed by atoms with Crippen LogP contribution >= 0.6 is 11.8 Å². The van der Waals surface area contributed by atoms with Crippen molar-refractivity contribution in [1.29, 1.82) is 0 Å². The fourth-order valence-electron chi connectivity index (χ4n) is 3.19. The summed E-state index contributed by atoms with van der Waals surface area (Å²) in [4.78, 5) is 14.3. The molecule has 168 valence electrons. The molecular weight excluding hydrogens is 451 g/mol. The lowest BCUT2D eigenvalue weighted by atomic mass is 10.0. The summed E-state index contributed by atoms with van der Waals surface area (Å²) in [7, 11) is 1.06. The third-order valence-electron chi connectivity index (χ3n) is 4.70. The Labute approximate surface area is 177 Å². The van der Waals surface area contributed by atoms with Gasteiger partial charge in [0.05, 0.1) is 18.4 Å². The van der Waals surface area contributed by atoms with Gasteiger partial charge in [0, 0.05) is 28.7 Å². The van der Waals surface area contributed by atoms with Gasteiger partial charge in [-0.15, -0.1) is 11.8 Å². The minimum absolute atomic E-state index is 0.0467. The molecule has 3 nitrogen and oxygen atoms in total. The molecule has 1 amide bonds. The van der Waals surface area contributed by atoms with E-state index in [9.17, 15) is 35.5 Å². The van der Waals surface area contributed by atoms with E-state index in [0.29, 0.717) is 0 Å². The van der Waals surface area contributed by atoms with Crippen molar-refractivity contribution in [2.75, 3.05) is 17.8 Å². The summed E-state index contributed by atoms with van der Waals surface area (Å²) in [6, 6.07) is 6.24. The smallest absolute Gasteiger partial charge is 0.420 e. The fourth-order valence-corrected chi connectivity index (χ4v) is 4.37. The van der Waals surface area contributed by atoms with Gasteiger partial charge in [-0.1, -0.05) is 0 Å². The third kappa shape index (κ3) is 5.25. The standard InChI is InChI=1S/C20H16F7NO2S/c1-30-16-9-17-15(8-14(16)20(25,26)27)28(13-4-2-12(21)3-5-13)18(29)11(10-31-17)6-7-19(22,23)24/h2-5,8-9,11H,6-7,10H2,1H3. The third-order valence-corrected chi connectivity index (χ3v) is 5.91. The van der Waals surface area contributed by atoms with E-state index in [1.807, 2.05) is 0 Å². The number of halogens is 7. The molecular formula is C20H16F7NO2S. The highest BCUT2D eigenvalue weighted by molar-refractivity contribution is 7.99. The second-order valence-electron chi connectivity index (χ2n) is 6.83. The number of alkyl halides is 6. The van der Waals surface area contributed by atoms with Crippen molar-refractivity contribution in [3.05, 3.63) is 47.8 Å². The minimum atomic E-state index is -4.80. The van der Waals surface area contributed by atoms with Crippen LogP contribution in [0.5, 0.6) is 5.75 Å². The van der Waals surface area contributed by atoms with Gasteiger partial charge in [0.2, 0.25) is 5.91 Å². The van der Waals surface area contributed by atoms with Gasteiger partial charge < -0.3 is 4.74 Å². The maximum absolute atomic E-state index is 13.6. The van der Waals surface area contributed by atoms with Crippen LogP contribution in [0.15, 0.2) is 41.3 Å². The molecule has 1 unspecified atom stereocenters. The zero-order chi connectivity index (χ0) is 23.0. The number of carbonyl (C=O) groups excluding carboxylic acids is 1. The van der Waals surface area contributed by atoms with Crippen molar-refractivity contribution >= 4 is 29.0 Å². The van der Waals surface area contributed by atoms with E-state index >= 15 is 0 Å². The van der Waals surface area contributed by atoms with Crippen molar-refractivity contribution in [3.8, 4) is 5.75 Å². The lowest BCUT2D eigenvalue weighted by molar-refractivity contribution is -0.140. The predicted molar refractivity (Wildman–Crippen MR) is 101 cm³/mol. The SMILES string of the molecule is COc1cc2c(cc1C(F)(F)F)N(c1ccc(F)cc1)C(=O)C(CCC(F)(F)F)CS2. The van der Waals surface area contributed by atoms with Gasteiger partial charge in [0.15, 0.2) is 0 Å². The molecule has 0 aliphatic carbocycles. The quantitative estimate of drug-likeness (QED) is 0.476. The number of rotatable bonds is 4. The van der Waals surface area contributed by atoms with Gasteiger partial charge in [0.1, 0.15) is 11.6 Å². The van der Waals surface area contributed by atoms with E-state index in [1.165, 1.54) is 12.1 Å². The zero-order valence-corrected chi connectivity index (χ0v) is 16.8. The topological polar surface area (TPSA) is 29.5 Å². The van der Waals surface area contributed by atoms with Crippen LogP contribution in [0, 0.1) is 11.7 Å². The first-order valence-corrected chi connectivity index (χ1v) is 9.97. The number of thioether (sulfide) groups is 1. The van der Waals surface area contributed by atoms with Gasteiger partial charge in [0.25, 0.3) is 0 Å². The average Bonchev–Trinajstić information content (AvgIpc) is 2.81. The molecule has 0 radical (unpaired) electrons. The molecule has 2 aromatic carbocycles. The molecule has 0 N–H and O–H groups in total. The van der Waals surface area contributed by atoms with Gasteiger partial charge in [-0.25, -0.2) is 4.39 Å². The highest BCUT2D eigenvalue weighted by Crippen LogP contribution is 2.47. The first-order valence-electron chi connectivity index (χ1n) is 8.99. The number of amides is 1. The van der Waals surface area contributed by atoms with Crippen LogP contribution in [0.25, 0.3) is 0 Å². The molecule has 3 rings (SSSR count). The van der Waals surface area contributed by atoms with Crippen LogP contribution < -0.4 is 9.64 Å². The van der Waals surface area contributed by atoms with Crippen LogP contribution in [0.2, 0.25) is 0 Å². The Bertz CT molecular complexity index is 958. The van der Waals surface area contributed by atoms with Crippen molar-refractivity contribution in [2.24, 2.45) is 5.92 Å². The van der Waals surface area contributed by atoms with Gasteiger partial charge in [-0.3, -0.25) is 9.69 Å². The lowest BCUT2D eigenvalue weighted by Crippen LogP contribution is -2.33. The molecule has 2 aromatic rings. The van der Waals surface area contributed by atoms with Crippen LogP contribution in [-0.2, 0) is 11.0 Å². The molecule has 0 saturated heterocycles. The Morgan fingerprint density at radius 3 is 2.29 bits per heavy atom. The molecule has 0 saturated carbocycles. The summed E-state index contributed by atoms with van der Waals surface area (Å²) in [5.74, 6) is -3.07. The molecule has 0 fully saturated rings. The van der Waals surface area contributed by atoms with Crippen LogP contribution in [-0.4, -0.2) is 24.9 Å². The highest BCUT2D eigenvalue weighted by atomic mass is 32.2. The number of nitrogens with zero attached hydrogens (tertiary/aromatic N) is 1. The van der Waals surface area contributed by atoms with Crippen molar-refractivity contribution in [1.82, 2.24) is 0 Å². The molecule has 11 heteroatoms. The monoisotopic (exact) mass is 467 g/mol. The number of anilines is 2. The number of benzene rings is 2. The Morgan fingerprint density at radius 2 is 1.74 bits per heavy atom. The second-order valence-corrected chi connectivity index (χ2v) is 7.89. The maximum atomic E-state index is 13.6. The number of ether oxygens (including phenoxy) is 1. The van der Waals surface area contributed by atoms with Gasteiger partial charge in [-0.2, -0.15) is 26.3 Å². The normalized spacial score (nSPS) is 17.4. The molecule has 1 aliphatic heterocycles. The van der Waals surface area contributed by atoms with E-state index in [2.05, 4.69) is 0 Å². The summed E-state index contributed by atoms with van der Waals surface area (Å²) in [6.45, 7) is 0. The van der Waals surface area contributed by atoms with E-state index < -0.39 is 54.1 Å². The zero-order valence-electron chi connectivity index (χ0n) is 16.0. The molecule has 1 atom stereocenters. The molecule has 0 spiro atoms. The summed E-state index contributed by atoms with van der Waals surface area (Å²) in [6.07, 6.45) is -11.0. The fraction of sp³-hybridized carbons (Fsp3) is 0.350.